The van der Waals surface area contributed by atoms with Gasteiger partial charge in [-0.3, -0.25) is 81.5 Å². The zero-order valence-electron chi connectivity index (χ0n) is 67.1. The summed E-state index contributed by atoms with van der Waals surface area (Å²) < 4.78 is 0. The molecule has 2 aromatic heterocycles. The molecule has 660 valence electrons. The first kappa shape index (κ1) is 99.8. The molecule has 4 rings (SSSR count). The zero-order chi connectivity index (χ0) is 89.8. The lowest BCUT2D eigenvalue weighted by Gasteiger charge is -2.29. The van der Waals surface area contributed by atoms with Crippen molar-refractivity contribution >= 4 is 117 Å². The van der Waals surface area contributed by atoms with Gasteiger partial charge in [-0.25, -0.2) is 9.78 Å². The van der Waals surface area contributed by atoms with E-state index < -0.39 is 267 Å². The Morgan fingerprint density at radius 1 is 0.450 bits per heavy atom. The normalized spacial score (nSPS) is 15.4. The third-order valence-corrected chi connectivity index (χ3v) is 18.5. The molecule has 0 aliphatic carbocycles. The summed E-state index contributed by atoms with van der Waals surface area (Å²) in [6, 6.07) is -8.52. The number of para-hydroxylation sites is 1. The quantitative estimate of drug-likeness (QED) is 0.0183. The van der Waals surface area contributed by atoms with E-state index in [-0.39, 0.29) is 44.3 Å². The van der Waals surface area contributed by atoms with E-state index in [0.717, 1.165) is 13.8 Å². The van der Waals surface area contributed by atoms with Crippen LogP contribution in [0, 0.1) is 5.92 Å². The average molecular weight is 1690 g/mol. The predicted octanol–water partition coefficient (Wildman–Crippen LogP) is -8.30. The van der Waals surface area contributed by atoms with Crippen LogP contribution in [-0.2, 0) is 106 Å². The van der Waals surface area contributed by atoms with Crippen molar-refractivity contribution in [2.45, 2.75) is 228 Å². The SMILES string of the molecule is CC(C)C[C@H](NC(=O)[C@H](C)NC(=O)[C@@H](NC(=O)[C@H](Cc1ccccc1)NC(=O)[C@H](Cc1c[nH]c2ccccc12)NC(=O)[C@H](CO)NC(=O)[C@H](C)NC(=O)[C@@H](N)[C@@H](C)O)[C@@H](C)O)C(=O)N[C@H](C(=O)N[C@@H](CCC(N)=O)C(=O)N[C@@H](Cc1c[nH]cn1)C(=O)NCC(=O)N[C@@H](CCCCN)C(=O)N[C@@H](CCC(=O)O)C(=O)N[C@@H](CC(=O)O)C(=O)O)[C@@H](C)O. The average Bonchev–Trinajstić information content (AvgIpc) is 1.39. The van der Waals surface area contributed by atoms with Crippen LogP contribution < -0.4 is 91.6 Å². The highest BCUT2D eigenvalue weighted by molar-refractivity contribution is 6.01. The first-order valence-electron chi connectivity index (χ1n) is 38.4. The molecule has 0 bridgehead atoms. The van der Waals surface area contributed by atoms with Gasteiger partial charge >= 0.3 is 17.9 Å². The summed E-state index contributed by atoms with van der Waals surface area (Å²) in [6.07, 6.45) is -5.23. The first-order chi connectivity index (χ1) is 56.5. The lowest BCUT2D eigenvalue weighted by molar-refractivity contribution is -0.147. The van der Waals surface area contributed by atoms with Gasteiger partial charge in [-0.05, 0) is 103 Å². The molecule has 4 aromatic rings. The number of benzene rings is 2. The Kier molecular flexibility index (Phi) is 41.2. The van der Waals surface area contributed by atoms with Crippen LogP contribution in [0.25, 0.3) is 10.9 Å². The number of carboxylic acids is 3. The number of unbranched alkanes of at least 4 members (excludes halogenated alkanes) is 1. The van der Waals surface area contributed by atoms with Crippen LogP contribution in [-0.4, -0.2) is 280 Å². The van der Waals surface area contributed by atoms with Crippen LogP contribution in [0.3, 0.4) is 0 Å². The molecule has 0 aliphatic rings. The molecular weight excluding hydrogens is 1580 g/mol. The van der Waals surface area contributed by atoms with Crippen molar-refractivity contribution in [3.8, 4) is 0 Å². The van der Waals surface area contributed by atoms with Gasteiger partial charge in [0.25, 0.3) is 0 Å². The number of hydrogen-bond acceptors (Lipinski definition) is 25. The number of carbonyl (C=O) groups excluding carboxylic acids is 15. The Morgan fingerprint density at radius 3 is 1.43 bits per heavy atom. The number of fused-ring (bicyclic) bond motifs is 1. The first-order valence-corrected chi connectivity index (χ1v) is 38.4. The Bertz CT molecular complexity index is 4200. The van der Waals surface area contributed by atoms with E-state index in [9.17, 15) is 117 Å². The lowest BCUT2D eigenvalue weighted by Crippen LogP contribution is -2.62. The molecule has 2 aromatic carbocycles. The number of aliphatic hydroxyl groups excluding tert-OH is 4. The number of nitrogens with two attached hydrogens (primary N) is 3. The lowest BCUT2D eigenvalue weighted by atomic mass is 10.0. The van der Waals surface area contributed by atoms with Crippen molar-refractivity contribution in [1.82, 2.24) is 89.4 Å². The molecule has 0 fully saturated rings. The van der Waals surface area contributed by atoms with Crippen molar-refractivity contribution in [2.24, 2.45) is 23.1 Å². The number of aromatic nitrogens is 3. The van der Waals surface area contributed by atoms with Gasteiger partial charge < -0.3 is 137 Å². The molecule has 2 heterocycles. The van der Waals surface area contributed by atoms with Gasteiger partial charge in [0.1, 0.15) is 84.6 Å². The van der Waals surface area contributed by atoms with Gasteiger partial charge in [-0.1, -0.05) is 62.4 Å². The highest BCUT2D eigenvalue weighted by atomic mass is 16.4. The van der Waals surface area contributed by atoms with Gasteiger partial charge in [0.05, 0.1) is 49.9 Å². The number of rotatable bonds is 53. The molecule has 0 saturated carbocycles. The number of primary amides is 1. The fraction of sp³-hybridized carbons (Fsp3) is 0.533. The molecule has 0 aliphatic heterocycles. The molecule has 29 N–H and O–H groups in total. The van der Waals surface area contributed by atoms with Gasteiger partial charge in [-0.15, -0.1) is 0 Å². The van der Waals surface area contributed by atoms with Gasteiger partial charge in [0.15, 0.2) is 0 Å². The van der Waals surface area contributed by atoms with Crippen LogP contribution in [0.1, 0.15) is 123 Å². The van der Waals surface area contributed by atoms with E-state index in [4.69, 9.17) is 22.3 Å². The third-order valence-electron chi connectivity index (χ3n) is 18.5. The van der Waals surface area contributed by atoms with Gasteiger partial charge in [-0.2, -0.15) is 0 Å². The minimum absolute atomic E-state index is 0.118. The minimum atomic E-state index is -2.00. The van der Waals surface area contributed by atoms with Gasteiger partial charge in [0, 0.05) is 55.4 Å². The number of nitrogens with zero attached hydrogens (tertiary/aromatic N) is 1. The van der Waals surface area contributed by atoms with E-state index >= 15 is 0 Å². The van der Waals surface area contributed by atoms with Crippen LogP contribution in [0.5, 0.6) is 0 Å². The van der Waals surface area contributed by atoms with Crippen LogP contribution in [0.15, 0.2) is 73.3 Å². The summed E-state index contributed by atoms with van der Waals surface area (Å²) >= 11 is 0. The number of hydrogen-bond donors (Lipinski definition) is 26. The fourth-order valence-corrected chi connectivity index (χ4v) is 11.8. The van der Waals surface area contributed by atoms with E-state index in [2.05, 4.69) is 84.1 Å². The highest BCUT2D eigenvalue weighted by Crippen LogP contribution is 2.21. The molecule has 0 saturated heterocycles. The number of carbonyl (C=O) groups is 18. The number of carboxylic acid groups (broad SMARTS) is 3. The Labute approximate surface area is 687 Å². The Balaban J connectivity index is 1.53. The third kappa shape index (κ3) is 33.8. The number of imidazole rings is 1. The van der Waals surface area contributed by atoms with E-state index in [1.165, 1.54) is 33.3 Å². The minimum Gasteiger partial charge on any atom is -0.481 e. The number of aromatic amines is 2. The molecule has 45 nitrogen and oxygen atoms in total. The van der Waals surface area contributed by atoms with Crippen LogP contribution in [0.4, 0.5) is 0 Å². The van der Waals surface area contributed by atoms with Crippen molar-refractivity contribution in [2.75, 3.05) is 19.7 Å². The van der Waals surface area contributed by atoms with E-state index in [1.54, 1.807) is 74.6 Å². The summed E-state index contributed by atoms with van der Waals surface area (Å²) in [7, 11) is 0. The maximum atomic E-state index is 14.7. The molecule has 0 spiro atoms. The highest BCUT2D eigenvalue weighted by Gasteiger charge is 2.39. The molecule has 120 heavy (non-hydrogen) atoms. The van der Waals surface area contributed by atoms with Crippen LogP contribution >= 0.6 is 0 Å². The zero-order valence-corrected chi connectivity index (χ0v) is 67.1. The smallest absolute Gasteiger partial charge is 0.326 e. The molecule has 0 unspecified atom stereocenters. The monoisotopic (exact) mass is 1690 g/mol. The standard InChI is InChI=1S/C75H110N20O25/c1-35(2)25-49(88-62(106)37(4)84-73(117)60(39(6)98)94-70(114)50(26-41-15-9-8-10-16-41)89-68(112)51(27-42-30-80-45-18-12-11-17-44(42)45)90-71(115)54(33-96)93-63(107)36(3)83-72(116)59(78)38(5)97)69(113)95-61(40(7)99)74(118)87-47(20-22-55(77)100)66(110)91-52(28-43-31-79-34-82-43)64(108)81-32-56(101)85-46(19-13-14-24-76)65(109)86-48(21-23-57(102)103)67(111)92-53(75(119)120)29-58(104)105/h8-12,15-18,30-31,34-40,46-54,59-61,80,96-99H,13-14,19-29,32-33,76,78H2,1-7H3,(H2,77,100)(H,79,82)(H,81,108)(H,83,116)(H,84,117)(H,85,101)(H,86,109)(H,87,118)(H,88,106)(H,89,112)(H,90,115)(H,91,110)(H,92,111)(H,93,107)(H,94,114)(H,95,113)(H,102,103)(H,104,105)(H,119,120)/t36-,37-,38+,39+,40+,46-,47-,48-,49-,50-,51-,52-,53-,54-,59-,60-,61-/m0/s1. The number of nitrogens with one attached hydrogen (secondary N) is 16. The number of aliphatic carboxylic acids is 3. The molecule has 17 atom stereocenters. The van der Waals surface area contributed by atoms with Crippen molar-refractivity contribution in [3.05, 3.63) is 90.1 Å². The van der Waals surface area contributed by atoms with Crippen LogP contribution in [0.2, 0.25) is 0 Å². The summed E-state index contributed by atoms with van der Waals surface area (Å²) in [6.45, 7) is 7.31. The fourth-order valence-electron chi connectivity index (χ4n) is 11.8. The molecule has 0 radical (unpaired) electrons. The van der Waals surface area contributed by atoms with Crippen molar-refractivity contribution in [3.63, 3.8) is 0 Å². The topological polar surface area (TPSA) is 740 Å². The number of amides is 15. The van der Waals surface area contributed by atoms with Crippen molar-refractivity contribution < 1.29 is 122 Å². The van der Waals surface area contributed by atoms with E-state index in [1.807, 2.05) is 5.32 Å². The molecular formula is C75H110N20O25. The largest absolute Gasteiger partial charge is 0.481 e. The number of aliphatic hydroxyl groups is 4. The molecule has 45 heteroatoms. The van der Waals surface area contributed by atoms with E-state index in [0.29, 0.717) is 28.5 Å². The predicted molar refractivity (Wildman–Crippen MR) is 422 cm³/mol. The second kappa shape index (κ2) is 49.6. The Hall–Kier alpha value is -12.6. The summed E-state index contributed by atoms with van der Waals surface area (Å²) in [4.78, 5) is 252. The second-order valence-corrected chi connectivity index (χ2v) is 29.0. The molecule has 15 amide bonds. The summed E-state index contributed by atoms with van der Waals surface area (Å²) in [5.41, 5.74) is 18.5. The maximum absolute atomic E-state index is 14.7. The summed E-state index contributed by atoms with van der Waals surface area (Å²) in [5, 5.41) is 104. The maximum Gasteiger partial charge on any atom is 0.326 e. The second-order valence-electron chi connectivity index (χ2n) is 29.0. The van der Waals surface area contributed by atoms with Gasteiger partial charge in [0.2, 0.25) is 88.6 Å². The Morgan fingerprint density at radius 2 is 0.917 bits per heavy atom. The van der Waals surface area contributed by atoms with Crippen molar-refractivity contribution in [1.29, 1.82) is 0 Å². The number of H-pyrrole nitrogens is 2. The summed E-state index contributed by atoms with van der Waals surface area (Å²) in [5.74, 6) is -21.6.